The van der Waals surface area contributed by atoms with Gasteiger partial charge in [0.15, 0.2) is 0 Å². The fourth-order valence-electron chi connectivity index (χ4n) is 3.16. The molecule has 2 heterocycles. The van der Waals surface area contributed by atoms with E-state index in [0.717, 1.165) is 4.57 Å². The van der Waals surface area contributed by atoms with E-state index in [2.05, 4.69) is 0 Å². The quantitative estimate of drug-likeness (QED) is 0.744. The molecular formula is C19H21FN4O4. The fraction of sp³-hybridized carbons (Fsp3) is 0.368. The highest BCUT2D eigenvalue weighted by Gasteiger charge is 2.24. The van der Waals surface area contributed by atoms with Crippen LogP contribution >= 0.6 is 0 Å². The zero-order valence-electron chi connectivity index (χ0n) is 15.5. The zero-order valence-corrected chi connectivity index (χ0v) is 15.5. The normalized spacial score (nSPS) is 14.6. The third-order valence-corrected chi connectivity index (χ3v) is 4.81. The number of benzene rings is 1. The lowest BCUT2D eigenvalue weighted by molar-refractivity contribution is -0.131. The Morgan fingerprint density at radius 1 is 1.00 bits per heavy atom. The number of hydrogen-bond acceptors (Lipinski definition) is 4. The molecule has 0 bridgehead atoms. The molecule has 0 spiro atoms. The van der Waals surface area contributed by atoms with E-state index in [4.69, 9.17) is 0 Å². The molecule has 0 N–H and O–H groups in total. The van der Waals surface area contributed by atoms with Crippen molar-refractivity contribution in [3.8, 4) is 0 Å². The maximum atomic E-state index is 13.9. The third kappa shape index (κ3) is 4.03. The highest BCUT2D eigenvalue weighted by atomic mass is 19.1. The van der Waals surface area contributed by atoms with Crippen molar-refractivity contribution in [3.63, 3.8) is 0 Å². The largest absolute Gasteiger partial charge is 0.339 e. The first-order chi connectivity index (χ1) is 13.4. The molecule has 1 fully saturated rings. The van der Waals surface area contributed by atoms with Gasteiger partial charge in [-0.2, -0.15) is 0 Å². The van der Waals surface area contributed by atoms with Crippen LogP contribution < -0.4 is 11.2 Å². The van der Waals surface area contributed by atoms with Gasteiger partial charge in [0.1, 0.15) is 12.4 Å². The van der Waals surface area contributed by atoms with Crippen LogP contribution in [0.25, 0.3) is 0 Å². The summed E-state index contributed by atoms with van der Waals surface area (Å²) in [5, 5.41) is 0. The standard InChI is InChI=1S/C19H21FN4O4/c1-21-16(25)7-10-24(19(21)28)13-17(26)22-8-4-9-23(12-11-22)18(27)14-5-2-3-6-15(14)20/h2-3,5-7,10H,4,8-9,11-13H2,1H3. The Kier molecular flexibility index (Phi) is 5.72. The van der Waals surface area contributed by atoms with E-state index in [0.29, 0.717) is 26.1 Å². The van der Waals surface area contributed by atoms with Crippen LogP contribution in [0, 0.1) is 5.82 Å². The van der Waals surface area contributed by atoms with E-state index in [1.165, 1.54) is 47.0 Å². The summed E-state index contributed by atoms with van der Waals surface area (Å²) in [5.74, 6) is -1.25. The number of rotatable bonds is 3. The lowest BCUT2D eigenvalue weighted by atomic mass is 10.2. The van der Waals surface area contributed by atoms with Gasteiger partial charge >= 0.3 is 5.69 Å². The van der Waals surface area contributed by atoms with Gasteiger partial charge < -0.3 is 9.80 Å². The molecule has 148 valence electrons. The van der Waals surface area contributed by atoms with Gasteiger partial charge in [0.2, 0.25) is 5.91 Å². The molecule has 1 aromatic heterocycles. The number of carbonyl (C=O) groups excluding carboxylic acids is 2. The second-order valence-electron chi connectivity index (χ2n) is 6.63. The zero-order chi connectivity index (χ0) is 20.3. The van der Waals surface area contributed by atoms with E-state index in [1.807, 2.05) is 0 Å². The second-order valence-corrected chi connectivity index (χ2v) is 6.63. The number of carbonyl (C=O) groups is 2. The minimum absolute atomic E-state index is 0.0130. The van der Waals surface area contributed by atoms with Crippen LogP contribution in [0.15, 0.2) is 46.1 Å². The number of halogens is 1. The van der Waals surface area contributed by atoms with E-state index in [1.54, 1.807) is 11.0 Å². The van der Waals surface area contributed by atoms with Gasteiger partial charge in [0.05, 0.1) is 5.56 Å². The fourth-order valence-corrected chi connectivity index (χ4v) is 3.16. The first-order valence-corrected chi connectivity index (χ1v) is 8.96. The molecule has 1 aliphatic heterocycles. The first-order valence-electron chi connectivity index (χ1n) is 8.96. The lowest BCUT2D eigenvalue weighted by Gasteiger charge is -2.22. The van der Waals surface area contributed by atoms with Crippen molar-refractivity contribution in [1.82, 2.24) is 18.9 Å². The minimum Gasteiger partial charge on any atom is -0.339 e. The number of hydrogen-bond donors (Lipinski definition) is 0. The molecule has 0 unspecified atom stereocenters. The van der Waals surface area contributed by atoms with Crippen LogP contribution in [-0.2, 0) is 18.4 Å². The van der Waals surface area contributed by atoms with Crippen LogP contribution in [0.2, 0.25) is 0 Å². The summed E-state index contributed by atoms with van der Waals surface area (Å²) in [6, 6.07) is 7.04. The summed E-state index contributed by atoms with van der Waals surface area (Å²) in [4.78, 5) is 51.8. The molecule has 3 rings (SSSR count). The molecule has 0 aliphatic carbocycles. The Bertz CT molecular complexity index is 1010. The molecule has 2 amide bonds. The Morgan fingerprint density at radius 3 is 2.43 bits per heavy atom. The van der Waals surface area contributed by atoms with Crippen molar-refractivity contribution in [1.29, 1.82) is 0 Å². The van der Waals surface area contributed by atoms with Crippen molar-refractivity contribution in [2.45, 2.75) is 13.0 Å². The molecule has 0 atom stereocenters. The van der Waals surface area contributed by atoms with Gasteiger partial charge in [-0.15, -0.1) is 0 Å². The van der Waals surface area contributed by atoms with Gasteiger partial charge in [-0.05, 0) is 18.6 Å². The van der Waals surface area contributed by atoms with Gasteiger partial charge in [-0.3, -0.25) is 23.5 Å². The van der Waals surface area contributed by atoms with Gasteiger partial charge in [-0.1, -0.05) is 12.1 Å². The van der Waals surface area contributed by atoms with Crippen LogP contribution in [0.4, 0.5) is 4.39 Å². The van der Waals surface area contributed by atoms with Gasteiger partial charge in [0, 0.05) is 45.5 Å². The molecule has 0 saturated carbocycles. The Balaban J connectivity index is 1.67. The van der Waals surface area contributed by atoms with Crippen LogP contribution in [-0.4, -0.2) is 56.9 Å². The minimum atomic E-state index is -0.571. The summed E-state index contributed by atoms with van der Waals surface area (Å²) in [7, 11) is 1.35. The average molecular weight is 388 g/mol. The van der Waals surface area contributed by atoms with E-state index >= 15 is 0 Å². The smallest absolute Gasteiger partial charge is 0.331 e. The summed E-state index contributed by atoms with van der Waals surface area (Å²) in [5.41, 5.74) is -0.989. The summed E-state index contributed by atoms with van der Waals surface area (Å²) in [6.45, 7) is 1.23. The van der Waals surface area contributed by atoms with Crippen molar-refractivity contribution < 1.29 is 14.0 Å². The SMILES string of the molecule is Cn1c(=O)ccn(CC(=O)N2CCCN(C(=O)c3ccccc3F)CC2)c1=O. The van der Waals surface area contributed by atoms with Crippen molar-refractivity contribution in [3.05, 3.63) is 68.7 Å². The van der Waals surface area contributed by atoms with Crippen LogP contribution in [0.3, 0.4) is 0 Å². The van der Waals surface area contributed by atoms with Crippen LogP contribution in [0.1, 0.15) is 16.8 Å². The molecule has 1 aromatic carbocycles. The van der Waals surface area contributed by atoms with Crippen molar-refractivity contribution in [2.24, 2.45) is 7.05 Å². The lowest BCUT2D eigenvalue weighted by Crippen LogP contribution is -2.42. The molecule has 2 aromatic rings. The summed E-state index contributed by atoms with van der Waals surface area (Å²) < 4.78 is 16.0. The monoisotopic (exact) mass is 388 g/mol. The van der Waals surface area contributed by atoms with Crippen molar-refractivity contribution in [2.75, 3.05) is 26.2 Å². The summed E-state index contributed by atoms with van der Waals surface area (Å²) >= 11 is 0. The van der Waals surface area contributed by atoms with E-state index in [-0.39, 0.29) is 24.6 Å². The molecule has 1 saturated heterocycles. The predicted molar refractivity (Wildman–Crippen MR) is 99.4 cm³/mol. The highest BCUT2D eigenvalue weighted by molar-refractivity contribution is 5.94. The third-order valence-electron chi connectivity index (χ3n) is 4.81. The Labute approximate surface area is 160 Å². The predicted octanol–water partition coefficient (Wildman–Crippen LogP) is 0.0608. The Hall–Kier alpha value is -3.23. The maximum absolute atomic E-state index is 13.9. The molecule has 1 aliphatic rings. The molecule has 28 heavy (non-hydrogen) atoms. The number of amides is 2. The molecule has 0 radical (unpaired) electrons. The molecular weight excluding hydrogens is 367 g/mol. The maximum Gasteiger partial charge on any atom is 0.331 e. The van der Waals surface area contributed by atoms with Gasteiger partial charge in [-0.25, -0.2) is 9.18 Å². The highest BCUT2D eigenvalue weighted by Crippen LogP contribution is 2.13. The van der Waals surface area contributed by atoms with E-state index < -0.39 is 23.0 Å². The van der Waals surface area contributed by atoms with Gasteiger partial charge in [0.25, 0.3) is 11.5 Å². The average Bonchev–Trinajstić information content (AvgIpc) is 2.94. The number of nitrogens with zero attached hydrogens (tertiary/aromatic N) is 4. The topological polar surface area (TPSA) is 84.6 Å². The van der Waals surface area contributed by atoms with E-state index in [9.17, 15) is 23.6 Å². The van der Waals surface area contributed by atoms with Crippen molar-refractivity contribution >= 4 is 11.8 Å². The number of aromatic nitrogens is 2. The first kappa shape index (κ1) is 19.5. The second kappa shape index (κ2) is 8.20. The van der Waals surface area contributed by atoms with Crippen LogP contribution in [0.5, 0.6) is 0 Å². The Morgan fingerprint density at radius 2 is 1.68 bits per heavy atom. The molecule has 9 heteroatoms. The molecule has 8 nitrogen and oxygen atoms in total. The summed E-state index contributed by atoms with van der Waals surface area (Å²) in [6.07, 6.45) is 1.85.